The van der Waals surface area contributed by atoms with Gasteiger partial charge in [0.05, 0.1) is 16.9 Å². The molecule has 38 heavy (non-hydrogen) atoms. The molecule has 1 aliphatic rings. The van der Waals surface area contributed by atoms with Crippen LogP contribution in [0.1, 0.15) is 58.1 Å². The number of sulfonamides is 1. The predicted molar refractivity (Wildman–Crippen MR) is 143 cm³/mol. The summed E-state index contributed by atoms with van der Waals surface area (Å²) in [6.07, 6.45) is 1.65. The lowest BCUT2D eigenvalue weighted by atomic mass is 9.78. The first-order valence-electron chi connectivity index (χ1n) is 12.8. The van der Waals surface area contributed by atoms with Gasteiger partial charge in [-0.2, -0.15) is 4.31 Å². The highest BCUT2D eigenvalue weighted by molar-refractivity contribution is 7.89. The highest BCUT2D eigenvalue weighted by Gasteiger charge is 2.44. The lowest BCUT2D eigenvalue weighted by Crippen LogP contribution is -2.49. The second kappa shape index (κ2) is 11.7. The number of Topliss-reactive ketones (excluding diaryl/α,β-unsaturated/α-hetero) is 1. The van der Waals surface area contributed by atoms with E-state index in [0.29, 0.717) is 19.3 Å². The number of nitro benzene ring substituents is 1. The zero-order chi connectivity index (χ0) is 28.3. The number of carbonyl (C=O) groups excluding carboxylic acids is 2. The summed E-state index contributed by atoms with van der Waals surface area (Å²) >= 11 is 0. The van der Waals surface area contributed by atoms with Crippen molar-refractivity contribution >= 4 is 27.5 Å². The molecule has 0 aliphatic carbocycles. The van der Waals surface area contributed by atoms with Crippen LogP contribution in [0.15, 0.2) is 53.4 Å². The fourth-order valence-electron chi connectivity index (χ4n) is 4.85. The normalized spacial score (nSPS) is 20.3. The van der Waals surface area contributed by atoms with E-state index in [4.69, 9.17) is 4.74 Å². The van der Waals surface area contributed by atoms with E-state index in [-0.39, 0.29) is 13.0 Å². The molecule has 0 amide bonds. The van der Waals surface area contributed by atoms with Gasteiger partial charge in [-0.3, -0.25) is 19.7 Å². The molecule has 2 aromatic rings. The second-order valence-corrected chi connectivity index (χ2v) is 12.7. The Hall–Kier alpha value is -3.11. The van der Waals surface area contributed by atoms with E-state index in [1.54, 1.807) is 20.8 Å². The molecule has 1 fully saturated rings. The van der Waals surface area contributed by atoms with E-state index in [0.717, 1.165) is 21.5 Å². The zero-order valence-electron chi connectivity index (χ0n) is 22.5. The van der Waals surface area contributed by atoms with E-state index in [2.05, 4.69) is 0 Å². The Bertz CT molecular complexity index is 1280. The summed E-state index contributed by atoms with van der Waals surface area (Å²) in [5.74, 6) is -2.47. The second-order valence-electron chi connectivity index (χ2n) is 10.9. The van der Waals surface area contributed by atoms with Gasteiger partial charge in [-0.05, 0) is 65.5 Å². The fourth-order valence-corrected chi connectivity index (χ4v) is 6.64. The van der Waals surface area contributed by atoms with Crippen molar-refractivity contribution in [1.82, 2.24) is 4.31 Å². The summed E-state index contributed by atoms with van der Waals surface area (Å²) in [6.45, 7) is 8.78. The first-order valence-corrected chi connectivity index (χ1v) is 14.2. The van der Waals surface area contributed by atoms with Gasteiger partial charge in [0.1, 0.15) is 5.60 Å². The van der Waals surface area contributed by atoms with Crippen molar-refractivity contribution < 1.29 is 27.7 Å². The first kappa shape index (κ1) is 29.4. The largest absolute Gasteiger partial charge is 0.460 e. The molecule has 10 heteroatoms. The number of nitro groups is 1. The van der Waals surface area contributed by atoms with Gasteiger partial charge in [-0.25, -0.2) is 8.42 Å². The van der Waals surface area contributed by atoms with Crippen LogP contribution in [0.4, 0.5) is 5.69 Å². The third-order valence-electron chi connectivity index (χ3n) is 6.77. The molecule has 0 saturated carbocycles. The summed E-state index contributed by atoms with van der Waals surface area (Å²) in [6, 6.07) is 11.7. The van der Waals surface area contributed by atoms with Crippen molar-refractivity contribution in [3.05, 3.63) is 69.8 Å². The quantitative estimate of drug-likeness (QED) is 0.277. The number of nitrogens with zero attached hydrogens (tertiary/aromatic N) is 2. The molecule has 2 aromatic carbocycles. The maximum Gasteiger partial charge on any atom is 0.310 e. The molecule has 1 aliphatic heterocycles. The Morgan fingerprint density at radius 3 is 2.37 bits per heavy atom. The predicted octanol–water partition coefficient (Wildman–Crippen LogP) is 4.85. The van der Waals surface area contributed by atoms with Gasteiger partial charge in [0.25, 0.3) is 15.7 Å². The number of hydrogen-bond donors (Lipinski definition) is 0. The number of rotatable bonds is 7. The van der Waals surface area contributed by atoms with Crippen molar-refractivity contribution in [2.75, 3.05) is 6.54 Å². The number of para-hydroxylation sites is 1. The lowest BCUT2D eigenvalue weighted by molar-refractivity contribution is -0.387. The molecule has 3 rings (SSSR count). The molecule has 0 aromatic heterocycles. The van der Waals surface area contributed by atoms with Gasteiger partial charge in [0.15, 0.2) is 10.7 Å². The number of aryl methyl sites for hydroxylation is 1. The lowest BCUT2D eigenvalue weighted by Gasteiger charge is -2.35. The number of benzene rings is 2. The van der Waals surface area contributed by atoms with Crippen LogP contribution in [0.5, 0.6) is 0 Å². The summed E-state index contributed by atoms with van der Waals surface area (Å²) in [5.41, 5.74) is 0.629. The Balaban J connectivity index is 2.00. The molecule has 0 bridgehead atoms. The zero-order valence-corrected chi connectivity index (χ0v) is 23.4. The molecule has 3 atom stereocenters. The van der Waals surface area contributed by atoms with Gasteiger partial charge in [-0.1, -0.05) is 48.4 Å². The molecular formula is C28H36N2O7S. The third-order valence-corrected chi connectivity index (χ3v) is 8.79. The van der Waals surface area contributed by atoms with Crippen molar-refractivity contribution in [3.8, 4) is 0 Å². The minimum absolute atomic E-state index is 0.0447. The van der Waals surface area contributed by atoms with Crippen molar-refractivity contribution in [2.45, 2.75) is 76.8 Å². The fraction of sp³-hybridized carbons (Fsp3) is 0.500. The first-order chi connectivity index (χ1) is 17.7. The van der Waals surface area contributed by atoms with E-state index in [1.807, 2.05) is 31.2 Å². The van der Waals surface area contributed by atoms with E-state index in [1.165, 1.54) is 25.1 Å². The summed E-state index contributed by atoms with van der Waals surface area (Å²) in [5, 5.41) is 11.5. The summed E-state index contributed by atoms with van der Waals surface area (Å²) in [7, 11) is -4.37. The highest BCUT2D eigenvalue weighted by Crippen LogP contribution is 2.34. The van der Waals surface area contributed by atoms with Crippen LogP contribution in [0.2, 0.25) is 0 Å². The van der Waals surface area contributed by atoms with E-state index in [9.17, 15) is 28.1 Å². The number of ketones is 1. The van der Waals surface area contributed by atoms with Crippen LogP contribution >= 0.6 is 0 Å². The van der Waals surface area contributed by atoms with E-state index < -0.39 is 60.8 Å². The molecule has 206 valence electrons. The maximum atomic E-state index is 13.9. The molecule has 1 heterocycles. The van der Waals surface area contributed by atoms with Gasteiger partial charge in [0.2, 0.25) is 0 Å². The molecule has 0 spiro atoms. The number of hydrogen-bond acceptors (Lipinski definition) is 7. The number of esters is 1. The minimum atomic E-state index is -4.37. The average Bonchev–Trinajstić information content (AvgIpc) is 2.83. The number of ether oxygens (including phenoxy) is 1. The highest BCUT2D eigenvalue weighted by atomic mass is 32.2. The molecular weight excluding hydrogens is 508 g/mol. The Kier molecular flexibility index (Phi) is 9.09. The molecule has 0 radical (unpaired) electrons. The Morgan fingerprint density at radius 1 is 1.13 bits per heavy atom. The molecule has 1 unspecified atom stereocenters. The maximum absolute atomic E-state index is 13.9. The van der Waals surface area contributed by atoms with Crippen LogP contribution in [0.3, 0.4) is 0 Å². The Morgan fingerprint density at radius 2 is 1.76 bits per heavy atom. The van der Waals surface area contributed by atoms with Crippen LogP contribution in [0, 0.1) is 28.9 Å². The number of carbonyl (C=O) groups is 2. The standard InChI is InChI=1S/C28H36N2O7S/c1-19-13-15-21(16-14-19)18-23(27(32)37-28(3,4)5)22-10-8-9-17-29(20(2)26(22)31)38(35,36)25-12-7-6-11-24(25)30(33)34/h6-7,11-16,20,22-23H,8-10,17-18H2,1-5H3/t20-,22?,23+/m0/s1. The monoisotopic (exact) mass is 544 g/mol. The van der Waals surface area contributed by atoms with Gasteiger partial charge in [-0.15, -0.1) is 0 Å². The summed E-state index contributed by atoms with van der Waals surface area (Å²) in [4.78, 5) is 37.7. The molecule has 1 saturated heterocycles. The third kappa shape index (κ3) is 6.85. The smallest absolute Gasteiger partial charge is 0.310 e. The van der Waals surface area contributed by atoms with Crippen molar-refractivity contribution in [2.24, 2.45) is 11.8 Å². The summed E-state index contributed by atoms with van der Waals surface area (Å²) < 4.78 is 34.0. The van der Waals surface area contributed by atoms with Crippen molar-refractivity contribution in [1.29, 1.82) is 0 Å². The van der Waals surface area contributed by atoms with E-state index >= 15 is 0 Å². The topological polar surface area (TPSA) is 124 Å². The van der Waals surface area contributed by atoms with Gasteiger partial charge in [0, 0.05) is 18.5 Å². The van der Waals surface area contributed by atoms with Gasteiger partial charge < -0.3 is 4.74 Å². The van der Waals surface area contributed by atoms with Crippen LogP contribution < -0.4 is 0 Å². The Labute approximate surface area is 224 Å². The minimum Gasteiger partial charge on any atom is -0.460 e. The SMILES string of the molecule is Cc1ccc(C[C@@H](C(=O)OC(C)(C)C)C2CCCCN(S(=O)(=O)c3ccccc3[N+](=O)[O-])[C@@H](C)C2=O)cc1. The average molecular weight is 545 g/mol. The molecule has 0 N–H and O–H groups in total. The molecule has 9 nitrogen and oxygen atoms in total. The van der Waals surface area contributed by atoms with Crippen LogP contribution in [-0.2, 0) is 30.8 Å². The van der Waals surface area contributed by atoms with Crippen LogP contribution in [-0.4, -0.2) is 47.6 Å². The van der Waals surface area contributed by atoms with Gasteiger partial charge >= 0.3 is 5.97 Å². The van der Waals surface area contributed by atoms with Crippen molar-refractivity contribution in [3.63, 3.8) is 0 Å². The van der Waals surface area contributed by atoms with Crippen LogP contribution in [0.25, 0.3) is 0 Å².